The first-order valence-electron chi connectivity index (χ1n) is 8.44. The number of nitrogens with zero attached hydrogens (tertiary/aromatic N) is 3. The van der Waals surface area contributed by atoms with Crippen molar-refractivity contribution in [2.75, 3.05) is 0 Å². The van der Waals surface area contributed by atoms with E-state index in [4.69, 9.17) is 0 Å². The summed E-state index contributed by atoms with van der Waals surface area (Å²) >= 11 is 0. The van der Waals surface area contributed by atoms with Crippen LogP contribution in [0.2, 0.25) is 0 Å². The summed E-state index contributed by atoms with van der Waals surface area (Å²) in [4.78, 5) is 41.6. The molecule has 26 heavy (non-hydrogen) atoms. The zero-order valence-electron chi connectivity index (χ0n) is 14.7. The van der Waals surface area contributed by atoms with Crippen molar-refractivity contribution in [1.29, 1.82) is 0 Å². The SMILES string of the molecule is CC(C)N=c1ccccn1C(=O)CCn1[nH]c(=O)c2ccccc2c1=O. The summed E-state index contributed by atoms with van der Waals surface area (Å²) in [5.74, 6) is -0.203. The van der Waals surface area contributed by atoms with Crippen LogP contribution in [0.5, 0.6) is 0 Å². The molecule has 0 spiro atoms. The first-order valence-corrected chi connectivity index (χ1v) is 8.44. The molecule has 0 saturated carbocycles. The highest BCUT2D eigenvalue weighted by molar-refractivity contribution is 5.80. The minimum atomic E-state index is -0.351. The monoisotopic (exact) mass is 352 g/mol. The zero-order chi connectivity index (χ0) is 18.7. The number of hydrogen-bond acceptors (Lipinski definition) is 4. The fourth-order valence-corrected chi connectivity index (χ4v) is 2.75. The molecule has 7 nitrogen and oxygen atoms in total. The van der Waals surface area contributed by atoms with Crippen LogP contribution in [0.3, 0.4) is 0 Å². The summed E-state index contributed by atoms with van der Waals surface area (Å²) in [5, 5.41) is 3.22. The number of fused-ring (bicyclic) bond motifs is 1. The van der Waals surface area contributed by atoms with Crippen molar-refractivity contribution in [3.05, 3.63) is 74.9 Å². The van der Waals surface area contributed by atoms with Gasteiger partial charge < -0.3 is 0 Å². The molecule has 3 aromatic rings. The van der Waals surface area contributed by atoms with E-state index in [0.29, 0.717) is 16.3 Å². The van der Waals surface area contributed by atoms with Gasteiger partial charge in [-0.25, -0.2) is 4.68 Å². The molecule has 0 saturated heterocycles. The molecular weight excluding hydrogens is 332 g/mol. The Balaban J connectivity index is 1.90. The van der Waals surface area contributed by atoms with Crippen molar-refractivity contribution in [3.63, 3.8) is 0 Å². The number of pyridine rings is 1. The van der Waals surface area contributed by atoms with Gasteiger partial charge >= 0.3 is 0 Å². The molecule has 1 aromatic carbocycles. The van der Waals surface area contributed by atoms with Crippen molar-refractivity contribution in [2.45, 2.75) is 32.9 Å². The van der Waals surface area contributed by atoms with Crippen LogP contribution in [0.25, 0.3) is 10.8 Å². The molecule has 134 valence electrons. The smallest absolute Gasteiger partial charge is 0.273 e. The van der Waals surface area contributed by atoms with E-state index in [0.717, 1.165) is 0 Å². The second-order valence-electron chi connectivity index (χ2n) is 6.24. The number of carbonyl (C=O) groups excluding carboxylic acids is 1. The van der Waals surface area contributed by atoms with Gasteiger partial charge in [0.2, 0.25) is 5.91 Å². The number of aromatic nitrogens is 3. The lowest BCUT2D eigenvalue weighted by Gasteiger charge is -2.09. The number of aryl methyl sites for hydroxylation is 1. The molecular formula is C19H20N4O3. The van der Waals surface area contributed by atoms with Gasteiger partial charge in [-0.15, -0.1) is 0 Å². The highest BCUT2D eigenvalue weighted by atomic mass is 16.2. The Bertz CT molecular complexity index is 1140. The first kappa shape index (κ1) is 17.6. The predicted octanol–water partition coefficient (Wildman–Crippen LogP) is 1.53. The minimum absolute atomic E-state index is 0.0518. The van der Waals surface area contributed by atoms with Gasteiger partial charge in [0.1, 0.15) is 5.49 Å². The van der Waals surface area contributed by atoms with Crippen molar-refractivity contribution in [2.24, 2.45) is 4.99 Å². The third-order valence-corrected chi connectivity index (χ3v) is 3.93. The summed E-state index contributed by atoms with van der Waals surface area (Å²) in [6.45, 7) is 3.95. The Kier molecular flexibility index (Phi) is 4.97. The number of benzene rings is 1. The number of nitrogens with one attached hydrogen (secondary N) is 1. The summed E-state index contributed by atoms with van der Waals surface area (Å²) in [6.07, 6.45) is 1.71. The Morgan fingerprint density at radius 1 is 1.08 bits per heavy atom. The minimum Gasteiger partial charge on any atom is -0.274 e. The summed E-state index contributed by atoms with van der Waals surface area (Å²) in [7, 11) is 0. The number of hydrogen-bond donors (Lipinski definition) is 1. The maximum atomic E-state index is 12.6. The van der Waals surface area contributed by atoms with E-state index in [1.54, 1.807) is 42.6 Å². The van der Waals surface area contributed by atoms with Gasteiger partial charge in [-0.2, -0.15) is 0 Å². The van der Waals surface area contributed by atoms with Crippen LogP contribution < -0.4 is 16.6 Å². The fourth-order valence-electron chi connectivity index (χ4n) is 2.75. The van der Waals surface area contributed by atoms with Gasteiger partial charge in [0.15, 0.2) is 0 Å². The first-order chi connectivity index (χ1) is 12.5. The summed E-state index contributed by atoms with van der Waals surface area (Å²) < 4.78 is 2.65. The molecule has 0 bridgehead atoms. The van der Waals surface area contributed by atoms with E-state index in [1.807, 2.05) is 19.9 Å². The van der Waals surface area contributed by atoms with Crippen LogP contribution in [0, 0.1) is 0 Å². The van der Waals surface area contributed by atoms with Gasteiger partial charge in [0.05, 0.1) is 17.3 Å². The summed E-state index contributed by atoms with van der Waals surface area (Å²) in [6, 6.07) is 12.0. The number of aromatic amines is 1. The number of rotatable bonds is 4. The van der Waals surface area contributed by atoms with Gasteiger partial charge in [0, 0.05) is 18.7 Å². The molecule has 0 aliphatic carbocycles. The maximum Gasteiger partial charge on any atom is 0.273 e. The van der Waals surface area contributed by atoms with Crippen molar-refractivity contribution >= 4 is 16.7 Å². The molecule has 0 aliphatic heterocycles. The molecule has 3 rings (SSSR count). The molecule has 2 heterocycles. The molecule has 7 heteroatoms. The molecule has 0 aliphatic rings. The van der Waals surface area contributed by atoms with Gasteiger partial charge in [-0.05, 0) is 38.1 Å². The van der Waals surface area contributed by atoms with Crippen LogP contribution in [0.1, 0.15) is 25.1 Å². The van der Waals surface area contributed by atoms with E-state index < -0.39 is 0 Å². The number of carbonyl (C=O) groups is 1. The molecule has 0 atom stereocenters. The third kappa shape index (κ3) is 3.56. The Morgan fingerprint density at radius 2 is 1.77 bits per heavy atom. The van der Waals surface area contributed by atoms with Crippen LogP contribution >= 0.6 is 0 Å². The highest BCUT2D eigenvalue weighted by Gasteiger charge is 2.10. The maximum absolute atomic E-state index is 12.6. The van der Waals surface area contributed by atoms with Gasteiger partial charge in [0.25, 0.3) is 11.1 Å². The molecule has 0 radical (unpaired) electrons. The summed E-state index contributed by atoms with van der Waals surface area (Å²) in [5.41, 5.74) is -0.111. The van der Waals surface area contributed by atoms with E-state index in [1.165, 1.54) is 9.25 Å². The molecule has 0 amide bonds. The molecule has 1 N–H and O–H groups in total. The molecule has 2 aromatic heterocycles. The van der Waals surface area contributed by atoms with Crippen LogP contribution in [-0.4, -0.2) is 26.3 Å². The van der Waals surface area contributed by atoms with E-state index >= 15 is 0 Å². The molecule has 0 unspecified atom stereocenters. The lowest BCUT2D eigenvalue weighted by molar-refractivity contribution is 0.0889. The van der Waals surface area contributed by atoms with E-state index in [9.17, 15) is 14.4 Å². The second-order valence-corrected chi connectivity index (χ2v) is 6.24. The third-order valence-electron chi connectivity index (χ3n) is 3.93. The van der Waals surface area contributed by atoms with Gasteiger partial charge in [-0.3, -0.25) is 29.0 Å². The van der Waals surface area contributed by atoms with E-state index in [2.05, 4.69) is 10.1 Å². The second kappa shape index (κ2) is 7.35. The number of H-pyrrole nitrogens is 1. The Hall–Kier alpha value is -3.22. The lowest BCUT2D eigenvalue weighted by atomic mass is 10.2. The van der Waals surface area contributed by atoms with Crippen molar-refractivity contribution < 1.29 is 4.79 Å². The van der Waals surface area contributed by atoms with Gasteiger partial charge in [-0.1, -0.05) is 18.2 Å². The quantitative estimate of drug-likeness (QED) is 0.772. The highest BCUT2D eigenvalue weighted by Crippen LogP contribution is 2.02. The van der Waals surface area contributed by atoms with Crippen molar-refractivity contribution in [1.82, 2.24) is 14.3 Å². The largest absolute Gasteiger partial charge is 0.274 e. The normalized spacial score (nSPS) is 12.0. The average Bonchev–Trinajstić information content (AvgIpc) is 2.63. The zero-order valence-corrected chi connectivity index (χ0v) is 14.7. The average molecular weight is 352 g/mol. The van der Waals surface area contributed by atoms with Crippen LogP contribution in [0.15, 0.2) is 63.2 Å². The van der Waals surface area contributed by atoms with Crippen LogP contribution in [0.4, 0.5) is 0 Å². The lowest BCUT2D eigenvalue weighted by Crippen LogP contribution is -2.33. The molecule has 0 fully saturated rings. The standard InChI is InChI=1S/C19H20N4O3/c1-13(2)20-16-9-5-6-11-22(16)17(24)10-12-23-19(26)15-8-4-3-7-14(15)18(25)21-23/h3-9,11,13H,10,12H2,1-2H3,(H,21,25). The van der Waals surface area contributed by atoms with E-state index in [-0.39, 0.29) is 36.0 Å². The topological polar surface area (TPSA) is 89.2 Å². The van der Waals surface area contributed by atoms with Crippen molar-refractivity contribution in [3.8, 4) is 0 Å². The fraction of sp³-hybridized carbons (Fsp3) is 0.263. The Morgan fingerprint density at radius 3 is 2.50 bits per heavy atom. The Labute approximate surface area is 149 Å². The van der Waals surface area contributed by atoms with Crippen LogP contribution in [-0.2, 0) is 6.54 Å². The predicted molar refractivity (Wildman–Crippen MR) is 99.2 cm³/mol.